The molecule has 4 heteroatoms. The van der Waals surface area contributed by atoms with Gasteiger partial charge < -0.3 is 5.73 Å². The minimum atomic E-state index is 0.168. The van der Waals surface area contributed by atoms with Gasteiger partial charge >= 0.3 is 0 Å². The fraction of sp³-hybridized carbons (Fsp3) is 0.364. The third-order valence-corrected chi connectivity index (χ3v) is 2.40. The van der Waals surface area contributed by atoms with E-state index in [0.29, 0.717) is 5.84 Å². The Labute approximate surface area is 89.7 Å². The van der Waals surface area contributed by atoms with Crippen LogP contribution in [0.25, 0.3) is 0 Å². The van der Waals surface area contributed by atoms with Crippen molar-refractivity contribution in [2.24, 2.45) is 22.0 Å². The number of hydrogen-bond acceptors (Lipinski definition) is 2. The zero-order valence-corrected chi connectivity index (χ0v) is 8.85. The summed E-state index contributed by atoms with van der Waals surface area (Å²) in [5, 5.41) is 6.54. The standard InChI is InChI=1S/C11H16N4/c1-2-10(11(12)14-15-13)8-9-6-4-3-5-7-9/h3-7,10H,2,8H2,1H3,(H3,12,13,14). The molecule has 80 valence electrons. The largest absolute Gasteiger partial charge is 0.385 e. The Morgan fingerprint density at radius 1 is 1.40 bits per heavy atom. The lowest BCUT2D eigenvalue weighted by molar-refractivity contribution is 0.652. The van der Waals surface area contributed by atoms with Crippen LogP contribution in [-0.2, 0) is 6.42 Å². The molecule has 0 bridgehead atoms. The second-order valence-corrected chi connectivity index (χ2v) is 3.42. The molecule has 0 saturated heterocycles. The Hall–Kier alpha value is -1.71. The normalized spacial score (nSPS) is 13.5. The second kappa shape index (κ2) is 5.90. The van der Waals surface area contributed by atoms with E-state index in [2.05, 4.69) is 29.4 Å². The summed E-state index contributed by atoms with van der Waals surface area (Å²) in [5.41, 5.74) is 13.6. The molecule has 1 rings (SSSR count). The fourth-order valence-corrected chi connectivity index (χ4v) is 1.50. The third-order valence-electron chi connectivity index (χ3n) is 2.40. The van der Waals surface area contributed by atoms with Gasteiger partial charge in [0.2, 0.25) is 0 Å². The molecule has 0 saturated carbocycles. The van der Waals surface area contributed by atoms with Crippen molar-refractivity contribution in [3.63, 3.8) is 0 Å². The van der Waals surface area contributed by atoms with E-state index < -0.39 is 0 Å². The highest BCUT2D eigenvalue weighted by molar-refractivity contribution is 5.82. The molecular weight excluding hydrogens is 188 g/mol. The fourth-order valence-electron chi connectivity index (χ4n) is 1.50. The van der Waals surface area contributed by atoms with Crippen molar-refractivity contribution in [2.75, 3.05) is 0 Å². The monoisotopic (exact) mass is 204 g/mol. The molecule has 3 N–H and O–H groups in total. The first-order valence-corrected chi connectivity index (χ1v) is 5.01. The van der Waals surface area contributed by atoms with Crippen LogP contribution >= 0.6 is 0 Å². The van der Waals surface area contributed by atoms with Crippen molar-refractivity contribution in [3.05, 3.63) is 35.9 Å². The Bertz CT molecular complexity index is 332. The van der Waals surface area contributed by atoms with Crippen LogP contribution in [0.15, 0.2) is 40.7 Å². The zero-order valence-electron chi connectivity index (χ0n) is 8.85. The molecule has 1 aromatic rings. The zero-order chi connectivity index (χ0) is 11.1. The number of amidine groups is 1. The highest BCUT2D eigenvalue weighted by Crippen LogP contribution is 2.12. The Morgan fingerprint density at radius 3 is 2.60 bits per heavy atom. The quantitative estimate of drug-likeness (QED) is 0.329. The summed E-state index contributed by atoms with van der Waals surface area (Å²) < 4.78 is 0. The lowest BCUT2D eigenvalue weighted by atomic mass is 9.96. The van der Waals surface area contributed by atoms with Crippen LogP contribution in [0.5, 0.6) is 0 Å². The lowest BCUT2D eigenvalue weighted by Gasteiger charge is -2.12. The molecule has 0 spiro atoms. The van der Waals surface area contributed by atoms with Crippen LogP contribution < -0.4 is 5.73 Å². The molecule has 1 unspecified atom stereocenters. The number of nitrogens with one attached hydrogen (secondary N) is 1. The molecule has 0 heterocycles. The number of rotatable bonds is 5. The van der Waals surface area contributed by atoms with Gasteiger partial charge in [-0.1, -0.05) is 42.5 Å². The molecular formula is C11H16N4. The van der Waals surface area contributed by atoms with E-state index in [-0.39, 0.29) is 5.92 Å². The summed E-state index contributed by atoms with van der Waals surface area (Å²) >= 11 is 0. The van der Waals surface area contributed by atoms with E-state index >= 15 is 0 Å². The smallest absolute Gasteiger partial charge is 0.127 e. The average Bonchev–Trinajstić information content (AvgIpc) is 2.27. The van der Waals surface area contributed by atoms with Crippen molar-refractivity contribution in [2.45, 2.75) is 19.8 Å². The number of benzene rings is 1. The minimum absolute atomic E-state index is 0.168. The van der Waals surface area contributed by atoms with Crippen molar-refractivity contribution < 1.29 is 0 Å². The first-order valence-electron chi connectivity index (χ1n) is 5.01. The maximum Gasteiger partial charge on any atom is 0.127 e. The van der Waals surface area contributed by atoms with Crippen LogP contribution in [0.4, 0.5) is 0 Å². The van der Waals surface area contributed by atoms with Gasteiger partial charge in [0.15, 0.2) is 0 Å². The Morgan fingerprint density at radius 2 is 2.07 bits per heavy atom. The predicted molar refractivity (Wildman–Crippen MR) is 60.7 cm³/mol. The maximum absolute atomic E-state index is 6.64. The predicted octanol–water partition coefficient (Wildman–Crippen LogP) is 2.56. The minimum Gasteiger partial charge on any atom is -0.385 e. The molecule has 15 heavy (non-hydrogen) atoms. The van der Waals surface area contributed by atoms with Crippen LogP contribution in [0, 0.1) is 11.4 Å². The molecule has 0 fully saturated rings. The van der Waals surface area contributed by atoms with Gasteiger partial charge in [0.1, 0.15) is 5.84 Å². The summed E-state index contributed by atoms with van der Waals surface area (Å²) in [5.74, 6) is 0.609. The van der Waals surface area contributed by atoms with E-state index in [4.69, 9.17) is 11.3 Å². The molecule has 1 atom stereocenters. The number of hydrogen-bond donors (Lipinski definition) is 2. The third kappa shape index (κ3) is 3.50. The molecule has 0 aliphatic rings. The maximum atomic E-state index is 6.64. The van der Waals surface area contributed by atoms with E-state index in [1.54, 1.807) is 0 Å². The summed E-state index contributed by atoms with van der Waals surface area (Å²) in [6.07, 6.45) is 1.75. The SMILES string of the molecule is CCC(Cc1ccccc1)C(N)=NN=N. The second-order valence-electron chi connectivity index (χ2n) is 3.42. The Balaban J connectivity index is 2.70. The van der Waals surface area contributed by atoms with Gasteiger partial charge in [-0.3, -0.25) is 0 Å². The van der Waals surface area contributed by atoms with Gasteiger partial charge in [-0.05, 0) is 18.4 Å². The molecule has 0 radical (unpaired) electrons. The lowest BCUT2D eigenvalue weighted by Crippen LogP contribution is -2.24. The molecule has 4 nitrogen and oxygen atoms in total. The topological polar surface area (TPSA) is 74.6 Å². The van der Waals surface area contributed by atoms with Crippen LogP contribution in [-0.4, -0.2) is 5.84 Å². The number of nitrogens with zero attached hydrogens (tertiary/aromatic N) is 2. The van der Waals surface area contributed by atoms with Gasteiger partial charge in [0, 0.05) is 5.92 Å². The van der Waals surface area contributed by atoms with Gasteiger partial charge in [-0.2, -0.15) is 5.53 Å². The van der Waals surface area contributed by atoms with E-state index in [0.717, 1.165) is 12.8 Å². The summed E-state index contributed by atoms with van der Waals surface area (Å²) in [6, 6.07) is 10.1. The molecule has 0 aliphatic heterocycles. The summed E-state index contributed by atoms with van der Waals surface area (Å²) in [7, 11) is 0. The molecule has 0 aliphatic carbocycles. The average molecular weight is 204 g/mol. The van der Waals surface area contributed by atoms with Gasteiger partial charge in [-0.15, -0.1) is 5.10 Å². The first-order chi connectivity index (χ1) is 7.27. The van der Waals surface area contributed by atoms with Crippen molar-refractivity contribution >= 4 is 5.84 Å². The van der Waals surface area contributed by atoms with Crippen molar-refractivity contribution in [3.8, 4) is 0 Å². The highest BCUT2D eigenvalue weighted by atomic mass is 15.3. The van der Waals surface area contributed by atoms with Gasteiger partial charge in [0.05, 0.1) is 0 Å². The molecule has 0 aromatic heterocycles. The van der Waals surface area contributed by atoms with Crippen LogP contribution in [0.3, 0.4) is 0 Å². The van der Waals surface area contributed by atoms with Crippen molar-refractivity contribution in [1.82, 2.24) is 0 Å². The summed E-state index contributed by atoms with van der Waals surface area (Å²) in [4.78, 5) is 0. The van der Waals surface area contributed by atoms with Gasteiger partial charge in [0.25, 0.3) is 0 Å². The first kappa shape index (κ1) is 11.4. The molecule has 0 amide bonds. The Kier molecular flexibility index (Phi) is 4.47. The summed E-state index contributed by atoms with van der Waals surface area (Å²) in [6.45, 7) is 2.06. The van der Waals surface area contributed by atoms with Crippen LogP contribution in [0.1, 0.15) is 18.9 Å². The van der Waals surface area contributed by atoms with Gasteiger partial charge in [-0.25, -0.2) is 0 Å². The molecule has 1 aromatic carbocycles. The van der Waals surface area contributed by atoms with E-state index in [1.165, 1.54) is 5.56 Å². The van der Waals surface area contributed by atoms with Crippen LogP contribution in [0.2, 0.25) is 0 Å². The van der Waals surface area contributed by atoms with E-state index in [9.17, 15) is 0 Å². The highest BCUT2D eigenvalue weighted by Gasteiger charge is 2.11. The number of nitrogens with two attached hydrogens (primary N) is 1. The van der Waals surface area contributed by atoms with E-state index in [1.807, 2.05) is 18.2 Å². The van der Waals surface area contributed by atoms with Crippen molar-refractivity contribution in [1.29, 1.82) is 5.53 Å².